The Balaban J connectivity index is 0.000000165. The summed E-state index contributed by atoms with van der Waals surface area (Å²) in [4.78, 5) is 10.1. The summed E-state index contributed by atoms with van der Waals surface area (Å²) in [6, 6.07) is 33.4. The number of alkyl halides is 4. The molecule has 0 aliphatic heterocycles. The number of aromatic nitrogens is 6. The third-order valence-corrected chi connectivity index (χ3v) is 18.2. The molecule has 2 fully saturated rings. The summed E-state index contributed by atoms with van der Waals surface area (Å²) >= 11 is 0. The van der Waals surface area contributed by atoms with Crippen molar-refractivity contribution in [2.75, 3.05) is 12.5 Å². The molecule has 0 radical (unpaired) electrons. The zero-order chi connectivity index (χ0) is 55.1. The molecule has 4 aromatic carbocycles. The Morgan fingerprint density at radius 1 is 0.513 bits per heavy atom. The van der Waals surface area contributed by atoms with E-state index in [0.29, 0.717) is 48.2 Å². The lowest BCUT2D eigenvalue weighted by Crippen LogP contribution is -2.30. The van der Waals surface area contributed by atoms with E-state index in [4.69, 9.17) is 19.0 Å². The van der Waals surface area contributed by atoms with E-state index in [1.165, 1.54) is 12.5 Å². The van der Waals surface area contributed by atoms with Crippen LogP contribution in [0.5, 0.6) is 0 Å². The summed E-state index contributed by atoms with van der Waals surface area (Å²) in [6.07, 6.45) is 6.68. The molecule has 0 amide bonds. The van der Waals surface area contributed by atoms with Crippen LogP contribution in [0.2, 0.25) is 0 Å². The minimum Gasteiger partial charge on any atom is -0.361 e. The van der Waals surface area contributed by atoms with Crippen LogP contribution in [0.15, 0.2) is 140 Å². The van der Waals surface area contributed by atoms with Gasteiger partial charge in [-0.15, -0.1) is 0 Å². The van der Waals surface area contributed by atoms with Gasteiger partial charge in [0, 0.05) is 83.6 Å². The maximum absolute atomic E-state index is 14.3. The van der Waals surface area contributed by atoms with E-state index in [1.54, 1.807) is 48.8 Å². The van der Waals surface area contributed by atoms with E-state index < -0.39 is 31.5 Å². The van der Waals surface area contributed by atoms with E-state index in [2.05, 4.69) is 19.4 Å². The van der Waals surface area contributed by atoms with E-state index in [1.807, 2.05) is 100 Å². The first-order chi connectivity index (χ1) is 37.1. The molecule has 0 saturated heterocycles. The molecule has 0 N–H and O–H groups in total. The van der Waals surface area contributed by atoms with Gasteiger partial charge in [-0.3, -0.25) is 9.97 Å². The molecule has 2 saturated carbocycles. The van der Waals surface area contributed by atoms with Gasteiger partial charge in [-0.2, -0.15) is 0 Å². The van der Waals surface area contributed by atoms with Crippen LogP contribution in [0.25, 0.3) is 66.1 Å². The highest BCUT2D eigenvalue weighted by Crippen LogP contribution is 2.49. The number of nitrogens with zero attached hydrogens (tertiary/aromatic N) is 6. The van der Waals surface area contributed by atoms with Crippen molar-refractivity contribution in [2.45, 2.75) is 113 Å². The first kappa shape index (κ1) is 52.9. The minimum atomic E-state index is -3.49. The standard InChI is InChI=1S/2C30H29F2N3O3S/c2*1-18-27(19(2)38-34-18)22-15-26-28(33-17-22)24-10-9-23(39(3,36)37)16-25(24)35(26)29(20-7-5-4-6-8-20)21-11-13-30(31,32)14-12-21/h2*4-10,15-17,21,29H,11-14H2,1-3H3. The van der Waals surface area contributed by atoms with E-state index in [9.17, 15) is 34.4 Å². The third-order valence-electron chi connectivity index (χ3n) is 16.0. The number of benzene rings is 4. The Bertz CT molecular complexity index is 3830. The summed E-state index contributed by atoms with van der Waals surface area (Å²) in [5.74, 6) is -4.14. The smallest absolute Gasteiger partial charge is 0.248 e. The SMILES string of the molecule is Cc1noc(C)c1-c1cnc2c3ccc(S(C)(=O)=O)cc3n(C(c3ccccc3)C3CCC(F)(F)CC3)c2c1.Cc1noc(C)c1-c1cnc2c3ccc(S(C)(=O)=O)cc3n(C(c3ccccc3)C3CCC(F)(F)CC3)c2c1. The second-order valence-electron chi connectivity index (χ2n) is 21.3. The minimum absolute atomic E-state index is 0.0737. The van der Waals surface area contributed by atoms with Crippen LogP contribution in [-0.2, 0) is 19.7 Å². The largest absolute Gasteiger partial charge is 0.361 e. The summed E-state index contributed by atoms with van der Waals surface area (Å²) < 4.78 is 122. The first-order valence-electron chi connectivity index (χ1n) is 26.1. The molecule has 10 aromatic rings. The molecule has 6 aromatic heterocycles. The topological polar surface area (TPSA) is 156 Å². The molecule has 78 heavy (non-hydrogen) atoms. The van der Waals surface area contributed by atoms with Gasteiger partial charge in [0.2, 0.25) is 11.8 Å². The van der Waals surface area contributed by atoms with E-state index >= 15 is 0 Å². The van der Waals surface area contributed by atoms with Crippen molar-refractivity contribution in [1.82, 2.24) is 29.4 Å². The van der Waals surface area contributed by atoms with Gasteiger partial charge in [0.15, 0.2) is 19.7 Å². The average Bonchev–Trinajstić information content (AvgIpc) is 4.24. The number of aryl methyl sites for hydroxylation is 4. The van der Waals surface area contributed by atoms with Crippen molar-refractivity contribution < 1.29 is 43.4 Å². The molecule has 404 valence electrons. The molecule has 0 bridgehead atoms. The predicted molar refractivity (Wildman–Crippen MR) is 294 cm³/mol. The number of hydrogen-bond donors (Lipinski definition) is 0. The lowest BCUT2D eigenvalue weighted by atomic mass is 9.79. The molecule has 18 heteroatoms. The van der Waals surface area contributed by atoms with Crippen LogP contribution >= 0.6 is 0 Å². The van der Waals surface area contributed by atoms with Crippen molar-refractivity contribution in [3.63, 3.8) is 0 Å². The van der Waals surface area contributed by atoms with Crippen molar-refractivity contribution in [2.24, 2.45) is 11.8 Å². The van der Waals surface area contributed by atoms with Crippen LogP contribution < -0.4 is 0 Å². The van der Waals surface area contributed by atoms with Gasteiger partial charge < -0.3 is 18.2 Å². The summed E-state index contributed by atoms with van der Waals surface area (Å²) in [7, 11) is -6.98. The fourth-order valence-electron chi connectivity index (χ4n) is 12.2. The van der Waals surface area contributed by atoms with E-state index in [0.717, 1.165) is 77.6 Å². The van der Waals surface area contributed by atoms with Gasteiger partial charge in [-0.25, -0.2) is 34.4 Å². The Labute approximate surface area is 449 Å². The number of hydrogen-bond acceptors (Lipinski definition) is 10. The van der Waals surface area contributed by atoms with Gasteiger partial charge in [-0.05, 0) is 125 Å². The van der Waals surface area contributed by atoms with Gasteiger partial charge in [0.05, 0.1) is 66.4 Å². The Morgan fingerprint density at radius 3 is 1.19 bits per heavy atom. The van der Waals surface area contributed by atoms with Crippen molar-refractivity contribution in [3.05, 3.63) is 156 Å². The predicted octanol–water partition coefficient (Wildman–Crippen LogP) is 14.6. The van der Waals surface area contributed by atoms with Crippen LogP contribution in [0.3, 0.4) is 0 Å². The second kappa shape index (κ2) is 19.9. The fourth-order valence-corrected chi connectivity index (χ4v) is 13.5. The lowest BCUT2D eigenvalue weighted by Gasteiger charge is -2.35. The summed E-state index contributed by atoms with van der Waals surface area (Å²) in [5, 5.41) is 9.82. The summed E-state index contributed by atoms with van der Waals surface area (Å²) in [6.45, 7) is 7.45. The Morgan fingerprint density at radius 2 is 0.872 bits per heavy atom. The van der Waals surface area contributed by atoms with Gasteiger partial charge >= 0.3 is 0 Å². The normalized spacial score (nSPS) is 17.2. The molecule has 0 spiro atoms. The van der Waals surface area contributed by atoms with Crippen LogP contribution in [0, 0.1) is 39.5 Å². The van der Waals surface area contributed by atoms with Crippen LogP contribution in [0.4, 0.5) is 17.6 Å². The Kier molecular flexibility index (Phi) is 13.5. The zero-order valence-electron chi connectivity index (χ0n) is 44.0. The maximum Gasteiger partial charge on any atom is 0.248 e. The molecular weight excluding hydrogens is 1040 g/mol. The first-order valence-corrected chi connectivity index (χ1v) is 29.8. The number of pyridine rings is 2. The molecule has 2 atom stereocenters. The molecule has 2 aliphatic carbocycles. The molecule has 2 aliphatic rings. The van der Waals surface area contributed by atoms with Gasteiger partial charge in [0.1, 0.15) is 11.5 Å². The average molecular weight is 1100 g/mol. The number of fused-ring (bicyclic) bond motifs is 6. The molecule has 12 rings (SSSR count). The number of rotatable bonds is 10. The number of halogens is 4. The molecule has 6 heterocycles. The molecule has 12 nitrogen and oxygen atoms in total. The highest BCUT2D eigenvalue weighted by Gasteiger charge is 2.41. The van der Waals surface area contributed by atoms with Gasteiger partial charge in [0.25, 0.3) is 0 Å². The maximum atomic E-state index is 14.3. The fraction of sp³-hybridized carbons (Fsp3) is 0.333. The zero-order valence-corrected chi connectivity index (χ0v) is 45.6. The quantitative estimate of drug-likeness (QED) is 0.121. The van der Waals surface area contributed by atoms with Crippen LogP contribution in [0.1, 0.15) is 97.5 Å². The van der Waals surface area contributed by atoms with E-state index in [-0.39, 0.29) is 59.4 Å². The summed E-state index contributed by atoms with van der Waals surface area (Å²) in [5.41, 5.74) is 11.3. The highest BCUT2D eigenvalue weighted by molar-refractivity contribution is 7.91. The number of sulfone groups is 2. The van der Waals surface area contributed by atoms with Crippen molar-refractivity contribution in [1.29, 1.82) is 0 Å². The van der Waals surface area contributed by atoms with Crippen LogP contribution in [-0.4, -0.2) is 70.6 Å². The molecular formula is C60H58F4N6O6S2. The van der Waals surface area contributed by atoms with Crippen molar-refractivity contribution in [3.8, 4) is 22.3 Å². The third kappa shape index (κ3) is 9.90. The van der Waals surface area contributed by atoms with Crippen molar-refractivity contribution >= 4 is 63.5 Å². The second-order valence-corrected chi connectivity index (χ2v) is 25.4. The Hall–Kier alpha value is -7.18. The molecule has 2 unspecified atom stereocenters. The monoisotopic (exact) mass is 1100 g/mol. The van der Waals surface area contributed by atoms with Gasteiger partial charge in [-0.1, -0.05) is 71.0 Å². The lowest BCUT2D eigenvalue weighted by molar-refractivity contribution is -0.0498. The highest BCUT2D eigenvalue weighted by atomic mass is 32.2.